The highest BCUT2D eigenvalue weighted by molar-refractivity contribution is 7.10. The van der Waals surface area contributed by atoms with Crippen LogP contribution in [0.25, 0.3) is 0 Å². The monoisotopic (exact) mass is 352 g/mol. The summed E-state index contributed by atoms with van der Waals surface area (Å²) in [4.78, 5) is 15.6. The highest BCUT2D eigenvalue weighted by Crippen LogP contribution is 2.40. The highest BCUT2D eigenvalue weighted by Gasteiger charge is 2.32. The van der Waals surface area contributed by atoms with Crippen LogP contribution in [-0.2, 0) is 17.8 Å². The van der Waals surface area contributed by atoms with E-state index in [0.717, 1.165) is 29.8 Å². The molecular weight excluding hydrogens is 332 g/mol. The Bertz CT molecular complexity index is 869. The second-order valence-corrected chi connectivity index (χ2v) is 7.24. The van der Waals surface area contributed by atoms with E-state index in [1.165, 1.54) is 10.4 Å². The zero-order valence-electron chi connectivity index (χ0n) is 14.1. The zero-order valence-corrected chi connectivity index (χ0v) is 14.9. The number of hydrogen-bond donors (Lipinski definition) is 1. The third kappa shape index (κ3) is 3.07. The van der Waals surface area contributed by atoms with Crippen molar-refractivity contribution in [2.45, 2.75) is 25.9 Å². The highest BCUT2D eigenvalue weighted by atomic mass is 32.1. The number of para-hydroxylation sites is 1. The molecule has 25 heavy (non-hydrogen) atoms. The number of rotatable bonds is 4. The standard InChI is InChI=1S/C20H20N2O2S/c1-14(23)22-9-6-19-17(8-11-25-19)20(22)16-4-2-3-5-18(16)21-12-15-7-10-24-13-15/h2-5,7-8,10-11,13,20-21H,6,9,12H2,1H3/t20-/m0/s1. The van der Waals surface area contributed by atoms with Gasteiger partial charge in [-0.1, -0.05) is 18.2 Å². The van der Waals surface area contributed by atoms with Crippen LogP contribution in [-0.4, -0.2) is 17.4 Å². The molecule has 0 unspecified atom stereocenters. The first-order valence-corrected chi connectivity index (χ1v) is 9.29. The number of benzene rings is 1. The number of thiophene rings is 1. The molecule has 3 aromatic rings. The van der Waals surface area contributed by atoms with E-state index in [1.54, 1.807) is 30.8 Å². The van der Waals surface area contributed by atoms with Crippen LogP contribution in [0.3, 0.4) is 0 Å². The van der Waals surface area contributed by atoms with Crippen molar-refractivity contribution >= 4 is 22.9 Å². The van der Waals surface area contributed by atoms with Crippen LogP contribution < -0.4 is 5.32 Å². The molecule has 5 heteroatoms. The van der Waals surface area contributed by atoms with Crippen molar-refractivity contribution in [2.75, 3.05) is 11.9 Å². The van der Waals surface area contributed by atoms with Gasteiger partial charge in [0.2, 0.25) is 5.91 Å². The van der Waals surface area contributed by atoms with Crippen LogP contribution in [0.1, 0.15) is 34.5 Å². The number of nitrogens with zero attached hydrogens (tertiary/aromatic N) is 1. The van der Waals surface area contributed by atoms with E-state index >= 15 is 0 Å². The van der Waals surface area contributed by atoms with Gasteiger partial charge in [0.05, 0.1) is 18.6 Å². The molecule has 1 aromatic carbocycles. The third-order valence-corrected chi connectivity index (χ3v) is 5.69. The fourth-order valence-electron chi connectivity index (χ4n) is 3.48. The molecule has 0 spiro atoms. The topological polar surface area (TPSA) is 45.5 Å². The second kappa shape index (κ2) is 6.76. The fraction of sp³-hybridized carbons (Fsp3) is 0.250. The van der Waals surface area contributed by atoms with Crippen molar-refractivity contribution in [3.63, 3.8) is 0 Å². The van der Waals surface area contributed by atoms with Crippen LogP contribution in [0.4, 0.5) is 5.69 Å². The fourth-order valence-corrected chi connectivity index (χ4v) is 4.38. The lowest BCUT2D eigenvalue weighted by atomic mass is 9.92. The van der Waals surface area contributed by atoms with E-state index in [0.29, 0.717) is 6.54 Å². The summed E-state index contributed by atoms with van der Waals surface area (Å²) in [6.45, 7) is 3.12. The summed E-state index contributed by atoms with van der Waals surface area (Å²) < 4.78 is 5.14. The van der Waals surface area contributed by atoms with Gasteiger partial charge in [0.25, 0.3) is 0 Å². The van der Waals surface area contributed by atoms with Crippen molar-refractivity contribution in [3.8, 4) is 0 Å². The number of carbonyl (C=O) groups excluding carboxylic acids is 1. The summed E-state index contributed by atoms with van der Waals surface area (Å²) in [5.41, 5.74) is 4.54. The molecule has 128 valence electrons. The minimum atomic E-state index is -0.0273. The van der Waals surface area contributed by atoms with E-state index in [-0.39, 0.29) is 11.9 Å². The molecule has 1 atom stereocenters. The van der Waals surface area contributed by atoms with Crippen LogP contribution in [0.5, 0.6) is 0 Å². The lowest BCUT2D eigenvalue weighted by molar-refractivity contribution is -0.130. The predicted molar refractivity (Wildman–Crippen MR) is 99.7 cm³/mol. The zero-order chi connectivity index (χ0) is 17.2. The minimum absolute atomic E-state index is 0.0273. The molecule has 0 saturated carbocycles. The molecule has 1 aliphatic rings. The van der Waals surface area contributed by atoms with Crippen molar-refractivity contribution in [2.24, 2.45) is 0 Å². The summed E-state index contributed by atoms with van der Waals surface area (Å²) in [6.07, 6.45) is 4.36. The Morgan fingerprint density at radius 2 is 2.16 bits per heavy atom. The Kier molecular flexibility index (Phi) is 4.32. The number of anilines is 1. The Morgan fingerprint density at radius 1 is 1.28 bits per heavy atom. The summed E-state index contributed by atoms with van der Waals surface area (Å²) in [5.74, 6) is 0.117. The molecule has 0 saturated heterocycles. The smallest absolute Gasteiger partial charge is 0.220 e. The van der Waals surface area contributed by atoms with Crippen molar-refractivity contribution in [3.05, 3.63) is 75.9 Å². The van der Waals surface area contributed by atoms with E-state index in [2.05, 4.69) is 28.9 Å². The average Bonchev–Trinajstić information content (AvgIpc) is 3.30. The van der Waals surface area contributed by atoms with E-state index in [1.807, 2.05) is 23.1 Å². The van der Waals surface area contributed by atoms with E-state index in [9.17, 15) is 4.79 Å². The molecule has 1 aliphatic heterocycles. The van der Waals surface area contributed by atoms with Crippen LogP contribution in [0.15, 0.2) is 58.7 Å². The second-order valence-electron chi connectivity index (χ2n) is 6.24. The summed E-state index contributed by atoms with van der Waals surface area (Å²) in [6, 6.07) is 12.3. The molecule has 0 radical (unpaired) electrons. The van der Waals surface area contributed by atoms with Crippen molar-refractivity contribution in [1.82, 2.24) is 4.90 Å². The molecule has 4 nitrogen and oxygen atoms in total. The molecule has 1 N–H and O–H groups in total. The summed E-state index contributed by atoms with van der Waals surface area (Å²) in [5, 5.41) is 5.63. The van der Waals surface area contributed by atoms with Crippen molar-refractivity contribution < 1.29 is 9.21 Å². The van der Waals surface area contributed by atoms with Crippen LogP contribution >= 0.6 is 11.3 Å². The van der Waals surface area contributed by atoms with Crippen LogP contribution in [0, 0.1) is 0 Å². The Morgan fingerprint density at radius 3 is 2.96 bits per heavy atom. The number of furan rings is 1. The Hall–Kier alpha value is -2.53. The van der Waals surface area contributed by atoms with E-state index < -0.39 is 0 Å². The lowest BCUT2D eigenvalue weighted by Gasteiger charge is -2.36. The predicted octanol–water partition coefficient (Wildman–Crippen LogP) is 4.45. The normalized spacial score (nSPS) is 16.5. The average molecular weight is 352 g/mol. The number of carbonyl (C=O) groups is 1. The number of amides is 1. The molecule has 2 aromatic heterocycles. The van der Waals surface area contributed by atoms with Gasteiger partial charge in [0, 0.05) is 41.7 Å². The molecule has 0 fully saturated rings. The van der Waals surface area contributed by atoms with Gasteiger partial charge >= 0.3 is 0 Å². The SMILES string of the molecule is CC(=O)N1CCc2sccc2[C@@H]1c1ccccc1NCc1ccoc1. The number of hydrogen-bond acceptors (Lipinski definition) is 4. The number of fused-ring (bicyclic) bond motifs is 1. The summed E-state index contributed by atoms with van der Waals surface area (Å²) >= 11 is 1.78. The molecule has 4 rings (SSSR count). The first-order valence-electron chi connectivity index (χ1n) is 8.41. The minimum Gasteiger partial charge on any atom is -0.472 e. The quantitative estimate of drug-likeness (QED) is 0.755. The summed E-state index contributed by atoms with van der Waals surface area (Å²) in [7, 11) is 0. The lowest BCUT2D eigenvalue weighted by Crippen LogP contribution is -2.38. The van der Waals surface area contributed by atoms with Crippen molar-refractivity contribution in [1.29, 1.82) is 0 Å². The molecule has 3 heterocycles. The third-order valence-electron chi connectivity index (χ3n) is 4.69. The Balaban J connectivity index is 1.71. The van der Waals surface area contributed by atoms with E-state index in [4.69, 9.17) is 4.42 Å². The maximum absolute atomic E-state index is 12.3. The van der Waals surface area contributed by atoms with Gasteiger partial charge in [-0.25, -0.2) is 0 Å². The molecule has 0 bridgehead atoms. The maximum Gasteiger partial charge on any atom is 0.220 e. The van der Waals surface area contributed by atoms with Gasteiger partial charge in [0.15, 0.2) is 0 Å². The molecule has 1 amide bonds. The first-order chi connectivity index (χ1) is 12.2. The molecular formula is C20H20N2O2S. The maximum atomic E-state index is 12.3. The number of nitrogens with one attached hydrogen (secondary N) is 1. The van der Waals surface area contributed by atoms with Gasteiger partial charge in [-0.2, -0.15) is 0 Å². The first kappa shape index (κ1) is 16.0. The van der Waals surface area contributed by atoms with Gasteiger partial charge in [-0.05, 0) is 35.6 Å². The van der Waals surface area contributed by atoms with Gasteiger partial charge in [-0.15, -0.1) is 11.3 Å². The van der Waals surface area contributed by atoms with Gasteiger partial charge < -0.3 is 14.6 Å². The van der Waals surface area contributed by atoms with Gasteiger partial charge in [0.1, 0.15) is 0 Å². The Labute approximate surface area is 151 Å². The largest absolute Gasteiger partial charge is 0.472 e. The van der Waals surface area contributed by atoms with Gasteiger partial charge in [-0.3, -0.25) is 4.79 Å². The molecule has 0 aliphatic carbocycles. The van der Waals surface area contributed by atoms with Crippen LogP contribution in [0.2, 0.25) is 0 Å².